The van der Waals surface area contributed by atoms with Crippen LogP contribution < -0.4 is 10.6 Å². The van der Waals surface area contributed by atoms with E-state index < -0.39 is 23.8 Å². The van der Waals surface area contributed by atoms with Crippen LogP contribution in [0.3, 0.4) is 0 Å². The first-order valence-electron chi connectivity index (χ1n) is 11.8. The molecule has 0 bridgehead atoms. The van der Waals surface area contributed by atoms with Crippen LogP contribution in [0.15, 0.2) is 36.9 Å². The lowest BCUT2D eigenvalue weighted by atomic mass is 9.94. The van der Waals surface area contributed by atoms with Gasteiger partial charge in [-0.2, -0.15) is 0 Å². The number of benzene rings is 1. The monoisotopic (exact) mass is 457 g/mol. The van der Waals surface area contributed by atoms with E-state index in [0.717, 1.165) is 36.8 Å². The maximum Gasteiger partial charge on any atom is 0.408 e. The lowest BCUT2D eigenvalue weighted by molar-refractivity contribution is -0.141. The minimum atomic E-state index is -0.881. The predicted octanol–water partition coefficient (Wildman–Crippen LogP) is 4.41. The number of alkyl carbamates (subject to hydrolysis) is 1. The zero-order chi connectivity index (χ0) is 24.6. The average Bonchev–Trinajstić information content (AvgIpc) is 2.73. The van der Waals surface area contributed by atoms with Gasteiger partial charge in [0.1, 0.15) is 17.7 Å². The summed E-state index contributed by atoms with van der Waals surface area (Å²) in [5.74, 6) is -0.594. The predicted molar refractivity (Wildman–Crippen MR) is 130 cm³/mol. The van der Waals surface area contributed by atoms with E-state index in [1.165, 1.54) is 11.3 Å². The summed E-state index contributed by atoms with van der Waals surface area (Å²) in [7, 11) is 0. The summed E-state index contributed by atoms with van der Waals surface area (Å²) >= 11 is 0. The van der Waals surface area contributed by atoms with E-state index in [0.29, 0.717) is 0 Å². The summed E-state index contributed by atoms with van der Waals surface area (Å²) in [6, 6.07) is 5.96. The summed E-state index contributed by atoms with van der Waals surface area (Å²) in [4.78, 5) is 40.8. The first-order chi connectivity index (χ1) is 15.5. The number of nitrogens with one attached hydrogen (secondary N) is 2. The van der Waals surface area contributed by atoms with Crippen molar-refractivity contribution in [1.29, 1.82) is 0 Å². The second-order valence-corrected chi connectivity index (χ2v) is 9.75. The molecule has 0 aliphatic heterocycles. The minimum absolute atomic E-state index is 0.107. The lowest BCUT2D eigenvalue weighted by Gasteiger charge is -2.35. The molecule has 182 valence electrons. The fourth-order valence-corrected chi connectivity index (χ4v) is 4.13. The van der Waals surface area contributed by atoms with Crippen LogP contribution in [0, 0.1) is 6.92 Å². The van der Waals surface area contributed by atoms with Gasteiger partial charge in [-0.1, -0.05) is 49.6 Å². The van der Waals surface area contributed by atoms with Crippen molar-refractivity contribution in [1.82, 2.24) is 15.5 Å². The SMILES string of the molecule is C=CCN(C(=O)C(C)NC(=O)OC(C)(C)C)C(C(=O)NC1CCCCC1)c1ccccc1C. The quantitative estimate of drug-likeness (QED) is 0.566. The zero-order valence-electron chi connectivity index (χ0n) is 20.6. The third kappa shape index (κ3) is 7.91. The van der Waals surface area contributed by atoms with Gasteiger partial charge in [-0.25, -0.2) is 4.79 Å². The molecule has 1 fully saturated rings. The average molecular weight is 458 g/mol. The Labute approximate surface area is 197 Å². The normalized spacial score (nSPS) is 16.3. The first kappa shape index (κ1) is 26.4. The molecule has 0 heterocycles. The molecule has 1 aliphatic rings. The van der Waals surface area contributed by atoms with Crippen LogP contribution in [0.25, 0.3) is 0 Å². The molecule has 1 aliphatic carbocycles. The lowest BCUT2D eigenvalue weighted by Crippen LogP contribution is -2.53. The van der Waals surface area contributed by atoms with Crippen LogP contribution in [0.2, 0.25) is 0 Å². The molecule has 0 spiro atoms. The third-order valence-corrected chi connectivity index (χ3v) is 5.71. The van der Waals surface area contributed by atoms with Crippen molar-refractivity contribution in [3.05, 3.63) is 48.0 Å². The molecular formula is C26H39N3O4. The van der Waals surface area contributed by atoms with Crippen molar-refractivity contribution in [2.24, 2.45) is 0 Å². The summed E-state index contributed by atoms with van der Waals surface area (Å²) in [6.07, 6.45) is 6.16. The Morgan fingerprint density at radius 3 is 2.39 bits per heavy atom. The maximum absolute atomic E-state index is 13.6. The zero-order valence-corrected chi connectivity index (χ0v) is 20.6. The van der Waals surface area contributed by atoms with Crippen LogP contribution in [0.4, 0.5) is 4.79 Å². The van der Waals surface area contributed by atoms with Gasteiger partial charge in [-0.15, -0.1) is 6.58 Å². The molecule has 2 rings (SSSR count). The van der Waals surface area contributed by atoms with Gasteiger partial charge in [-0.05, 0) is 58.6 Å². The van der Waals surface area contributed by atoms with E-state index in [1.54, 1.807) is 33.8 Å². The second kappa shape index (κ2) is 11.9. The molecule has 2 atom stereocenters. The summed E-state index contributed by atoms with van der Waals surface area (Å²) in [5, 5.41) is 5.77. The van der Waals surface area contributed by atoms with E-state index >= 15 is 0 Å². The van der Waals surface area contributed by atoms with Crippen molar-refractivity contribution in [3.63, 3.8) is 0 Å². The van der Waals surface area contributed by atoms with Gasteiger partial charge in [0, 0.05) is 12.6 Å². The Hall–Kier alpha value is -2.83. The van der Waals surface area contributed by atoms with Crippen molar-refractivity contribution in [3.8, 4) is 0 Å². The Morgan fingerprint density at radius 1 is 1.18 bits per heavy atom. The molecule has 7 nitrogen and oxygen atoms in total. The van der Waals surface area contributed by atoms with Crippen LogP contribution in [-0.2, 0) is 14.3 Å². The Bertz CT molecular complexity index is 840. The molecule has 1 saturated carbocycles. The van der Waals surface area contributed by atoms with Gasteiger partial charge in [0.25, 0.3) is 0 Å². The summed E-state index contributed by atoms with van der Waals surface area (Å²) in [6.45, 7) is 12.7. The highest BCUT2D eigenvalue weighted by molar-refractivity contribution is 5.92. The van der Waals surface area contributed by atoms with Crippen molar-refractivity contribution in [2.75, 3.05) is 6.54 Å². The van der Waals surface area contributed by atoms with E-state index in [1.807, 2.05) is 31.2 Å². The standard InChI is InChI=1S/C26H39N3O4/c1-7-17-29(24(31)19(3)27-25(32)33-26(4,5)6)22(21-16-12-11-13-18(21)2)23(30)28-20-14-9-8-10-15-20/h7,11-13,16,19-20,22H,1,8-10,14-15,17H2,2-6H3,(H,27,32)(H,28,30). The Balaban J connectivity index is 2.32. The van der Waals surface area contributed by atoms with Gasteiger partial charge >= 0.3 is 6.09 Å². The molecule has 7 heteroatoms. The Morgan fingerprint density at radius 2 is 1.82 bits per heavy atom. The number of ether oxygens (including phenoxy) is 1. The highest BCUT2D eigenvalue weighted by Gasteiger charge is 2.35. The molecule has 3 amide bonds. The highest BCUT2D eigenvalue weighted by Crippen LogP contribution is 2.27. The van der Waals surface area contributed by atoms with Crippen molar-refractivity contribution >= 4 is 17.9 Å². The molecule has 0 radical (unpaired) electrons. The number of nitrogens with zero attached hydrogens (tertiary/aromatic N) is 1. The smallest absolute Gasteiger partial charge is 0.408 e. The number of amides is 3. The molecule has 2 N–H and O–H groups in total. The van der Waals surface area contributed by atoms with Crippen LogP contribution in [-0.4, -0.2) is 47.0 Å². The largest absolute Gasteiger partial charge is 0.444 e. The molecule has 0 aromatic heterocycles. The molecule has 33 heavy (non-hydrogen) atoms. The summed E-state index contributed by atoms with van der Waals surface area (Å²) < 4.78 is 5.29. The molecule has 0 saturated heterocycles. The second-order valence-electron chi connectivity index (χ2n) is 9.75. The van der Waals surface area contributed by atoms with Gasteiger partial charge < -0.3 is 20.3 Å². The summed E-state index contributed by atoms with van der Waals surface area (Å²) in [5.41, 5.74) is 0.985. The highest BCUT2D eigenvalue weighted by atomic mass is 16.6. The number of carbonyl (C=O) groups excluding carboxylic acids is 3. The molecule has 1 aromatic rings. The molecule has 1 aromatic carbocycles. The maximum atomic E-state index is 13.6. The minimum Gasteiger partial charge on any atom is -0.444 e. The Kier molecular flexibility index (Phi) is 9.50. The molecular weight excluding hydrogens is 418 g/mol. The van der Waals surface area contributed by atoms with E-state index in [-0.39, 0.29) is 24.4 Å². The van der Waals surface area contributed by atoms with Crippen LogP contribution >= 0.6 is 0 Å². The topological polar surface area (TPSA) is 87.7 Å². The van der Waals surface area contributed by atoms with E-state index in [2.05, 4.69) is 17.2 Å². The number of hydrogen-bond donors (Lipinski definition) is 2. The van der Waals surface area contributed by atoms with Gasteiger partial charge in [0.05, 0.1) is 0 Å². The van der Waals surface area contributed by atoms with Gasteiger partial charge in [0.2, 0.25) is 11.8 Å². The fraction of sp³-hybridized carbons (Fsp3) is 0.577. The van der Waals surface area contributed by atoms with Crippen LogP contribution in [0.5, 0.6) is 0 Å². The van der Waals surface area contributed by atoms with Crippen LogP contribution in [0.1, 0.15) is 77.0 Å². The van der Waals surface area contributed by atoms with E-state index in [9.17, 15) is 14.4 Å². The fourth-order valence-electron chi connectivity index (χ4n) is 4.13. The van der Waals surface area contributed by atoms with E-state index in [4.69, 9.17) is 4.74 Å². The first-order valence-corrected chi connectivity index (χ1v) is 11.8. The van der Waals surface area contributed by atoms with Crippen molar-refractivity contribution < 1.29 is 19.1 Å². The molecule has 2 unspecified atom stereocenters. The number of carbonyl (C=O) groups is 3. The van der Waals surface area contributed by atoms with Crippen molar-refractivity contribution in [2.45, 2.75) is 90.4 Å². The number of rotatable bonds is 8. The number of aryl methyl sites for hydroxylation is 1. The van der Waals surface area contributed by atoms with Gasteiger partial charge in [0.15, 0.2) is 0 Å². The number of hydrogen-bond acceptors (Lipinski definition) is 4. The third-order valence-electron chi connectivity index (χ3n) is 5.71. The van der Waals surface area contributed by atoms with Gasteiger partial charge in [-0.3, -0.25) is 9.59 Å².